The number of hydrogen-bond acceptors (Lipinski definition) is 11. The molecule has 0 saturated carbocycles. The number of aliphatic hydroxyl groups excluding tert-OH is 3. The van der Waals surface area contributed by atoms with E-state index in [1.54, 1.807) is 0 Å². The summed E-state index contributed by atoms with van der Waals surface area (Å²) < 4.78 is 17.1. The maximum atomic E-state index is 8.55. The third-order valence-electron chi connectivity index (χ3n) is 0.421. The van der Waals surface area contributed by atoms with Crippen LogP contribution in [0.25, 0.3) is 0 Å². The smallest absolute Gasteiger partial charge is 0.822 e. The van der Waals surface area contributed by atoms with Crippen LogP contribution in [-0.2, 0) is 67.6 Å². The standard InChI is InChI=1S/C3H8O3.2H3O4P.3Zn/c4-1-3(6)2-5;2*1-5(2,3)4;;;/h3-6H,1-2H2;2*(H3,1,2,3,4);;;/q;;;3*+2/p-6. The molecule has 0 bridgehead atoms. The molecule has 0 heterocycles. The minimum atomic E-state index is -5.39. The Hall–Kier alpha value is 1.97. The van der Waals surface area contributed by atoms with E-state index >= 15 is 0 Å². The van der Waals surface area contributed by atoms with Gasteiger partial charge in [-0.05, 0) is 0 Å². The Morgan fingerprint density at radius 3 is 0.842 bits per heavy atom. The van der Waals surface area contributed by atoms with E-state index < -0.39 is 21.7 Å². The van der Waals surface area contributed by atoms with Gasteiger partial charge in [-0.3, -0.25) is 0 Å². The van der Waals surface area contributed by atoms with E-state index in [-0.39, 0.29) is 71.6 Å². The van der Waals surface area contributed by atoms with E-state index in [2.05, 4.69) is 0 Å². The molecule has 0 aliphatic heterocycles. The second kappa shape index (κ2) is 20.0. The van der Waals surface area contributed by atoms with Crippen molar-refractivity contribution < 1.29 is 112 Å². The molecular weight excluding hydrogens is 470 g/mol. The van der Waals surface area contributed by atoms with Crippen LogP contribution in [0.1, 0.15) is 0 Å². The van der Waals surface area contributed by atoms with Gasteiger partial charge in [0.15, 0.2) is 0 Å². The summed E-state index contributed by atoms with van der Waals surface area (Å²) in [5, 5.41) is 24.0. The average molecular weight is 478 g/mol. The van der Waals surface area contributed by atoms with Gasteiger partial charge in [-0.25, -0.2) is 0 Å². The number of phosphoric acid groups is 2. The molecule has 16 heteroatoms. The van der Waals surface area contributed by atoms with Gasteiger partial charge in [-0.15, -0.1) is 0 Å². The van der Waals surface area contributed by atoms with Gasteiger partial charge in [0, 0.05) is 0 Å². The van der Waals surface area contributed by atoms with Crippen LogP contribution in [-0.4, -0.2) is 34.6 Å². The van der Waals surface area contributed by atoms with Crippen LogP contribution in [0.4, 0.5) is 0 Å². The Kier molecular flexibility index (Phi) is 39.2. The number of rotatable bonds is 2. The first-order chi connectivity index (χ1) is 6.81. The fourth-order valence-electron chi connectivity index (χ4n) is 0.0577. The van der Waals surface area contributed by atoms with Gasteiger partial charge in [0.2, 0.25) is 0 Å². The topological polar surface area (TPSA) is 233 Å². The van der Waals surface area contributed by atoms with E-state index in [9.17, 15) is 0 Å². The van der Waals surface area contributed by atoms with Crippen molar-refractivity contribution in [2.45, 2.75) is 6.10 Å². The molecule has 102 valence electrons. The minimum absolute atomic E-state index is 0. The van der Waals surface area contributed by atoms with Crippen molar-refractivity contribution in [3.63, 3.8) is 0 Å². The van der Waals surface area contributed by atoms with Crippen molar-refractivity contribution in [1.29, 1.82) is 0 Å². The molecule has 0 aliphatic carbocycles. The predicted octanol–water partition coefficient (Wildman–Crippen LogP) is -7.32. The van der Waals surface area contributed by atoms with Crippen molar-refractivity contribution in [3.05, 3.63) is 0 Å². The summed E-state index contributed by atoms with van der Waals surface area (Å²) in [6.45, 7) is -0.729. The van der Waals surface area contributed by atoms with Crippen LogP contribution >= 0.6 is 15.6 Å². The van der Waals surface area contributed by atoms with Gasteiger partial charge in [0.05, 0.1) is 13.2 Å². The summed E-state index contributed by atoms with van der Waals surface area (Å²) in [4.78, 5) is 51.3. The molecule has 11 nitrogen and oxygen atoms in total. The first kappa shape index (κ1) is 37.3. The fourth-order valence-corrected chi connectivity index (χ4v) is 0.0577. The molecule has 0 radical (unpaired) electrons. The zero-order chi connectivity index (χ0) is 14.0. The Bertz CT molecular complexity index is 199. The zero-order valence-electron chi connectivity index (χ0n) is 9.61. The Balaban J connectivity index is -0.0000000311. The molecule has 19 heavy (non-hydrogen) atoms. The van der Waals surface area contributed by atoms with Crippen LogP contribution in [0, 0.1) is 0 Å². The summed E-state index contributed by atoms with van der Waals surface area (Å²) in [5.74, 6) is 0. The normalized spacial score (nSPS) is 9.37. The summed E-state index contributed by atoms with van der Waals surface area (Å²) in [6.07, 6.45) is -0.954. The second-order valence-electron chi connectivity index (χ2n) is 1.91. The molecule has 0 aromatic heterocycles. The summed E-state index contributed by atoms with van der Waals surface area (Å²) >= 11 is 0. The molecule has 0 amide bonds. The van der Waals surface area contributed by atoms with Gasteiger partial charge < -0.3 is 53.8 Å². The Morgan fingerprint density at radius 2 is 0.842 bits per heavy atom. The van der Waals surface area contributed by atoms with Gasteiger partial charge in [0.25, 0.3) is 0 Å². The van der Waals surface area contributed by atoms with Crippen molar-refractivity contribution >= 4 is 15.6 Å². The molecule has 0 saturated heterocycles. The third-order valence-corrected chi connectivity index (χ3v) is 0.421. The van der Waals surface area contributed by atoms with Crippen molar-refractivity contribution in [2.75, 3.05) is 13.2 Å². The van der Waals surface area contributed by atoms with E-state index in [4.69, 9.17) is 53.8 Å². The maximum absolute atomic E-state index is 8.55. The molecule has 0 spiro atoms. The molecule has 3 N–H and O–H groups in total. The van der Waals surface area contributed by atoms with Crippen LogP contribution in [0.3, 0.4) is 0 Å². The Morgan fingerprint density at radius 1 is 0.737 bits per heavy atom. The molecule has 0 aromatic carbocycles. The van der Waals surface area contributed by atoms with E-state index in [1.165, 1.54) is 0 Å². The van der Waals surface area contributed by atoms with E-state index in [0.29, 0.717) is 0 Å². The average Bonchev–Trinajstić information content (AvgIpc) is 1.96. The number of aliphatic hydroxyl groups is 3. The minimum Gasteiger partial charge on any atom is -0.822 e. The van der Waals surface area contributed by atoms with Crippen LogP contribution in [0.2, 0.25) is 0 Å². The quantitative estimate of drug-likeness (QED) is 0.249. The Labute approximate surface area is 146 Å². The van der Waals surface area contributed by atoms with E-state index in [0.717, 1.165) is 0 Å². The molecule has 0 atom stereocenters. The third kappa shape index (κ3) is 181. The van der Waals surface area contributed by atoms with Crippen molar-refractivity contribution in [2.24, 2.45) is 0 Å². The molecule has 0 aromatic rings. The molecule has 0 aliphatic rings. The molecular formula is C3H8O11P2Zn3. The van der Waals surface area contributed by atoms with Crippen LogP contribution in [0.15, 0.2) is 0 Å². The van der Waals surface area contributed by atoms with E-state index in [1.807, 2.05) is 0 Å². The predicted molar refractivity (Wildman–Crippen MR) is 35.4 cm³/mol. The first-order valence-electron chi connectivity index (χ1n) is 3.17. The van der Waals surface area contributed by atoms with Crippen LogP contribution in [0.5, 0.6) is 0 Å². The van der Waals surface area contributed by atoms with Gasteiger partial charge >= 0.3 is 58.4 Å². The largest absolute Gasteiger partial charge is 2.00 e. The summed E-state index contributed by atoms with van der Waals surface area (Å²) in [5.41, 5.74) is 0. The molecule has 0 unspecified atom stereocenters. The zero-order valence-corrected chi connectivity index (χ0v) is 20.3. The fraction of sp³-hybridized carbons (Fsp3) is 1.00. The summed E-state index contributed by atoms with van der Waals surface area (Å²) in [7, 11) is -10.8. The van der Waals surface area contributed by atoms with Gasteiger partial charge in [-0.1, -0.05) is 0 Å². The maximum Gasteiger partial charge on any atom is 2.00 e. The first-order valence-corrected chi connectivity index (χ1v) is 6.09. The number of hydrogen-bond donors (Lipinski definition) is 3. The van der Waals surface area contributed by atoms with Gasteiger partial charge in [-0.2, -0.15) is 15.6 Å². The monoisotopic (exact) mass is 474 g/mol. The SMILES string of the molecule is O=P([O-])([O-])[O-].O=P([O-])([O-])[O-].OCC(O)CO.[Zn+2].[Zn+2].[Zn+2]. The molecule has 0 rings (SSSR count). The van der Waals surface area contributed by atoms with Crippen LogP contribution < -0.4 is 29.4 Å². The van der Waals surface area contributed by atoms with Gasteiger partial charge in [0.1, 0.15) is 6.10 Å². The molecule has 0 fully saturated rings. The second-order valence-corrected chi connectivity index (χ2v) is 3.70. The van der Waals surface area contributed by atoms with Crippen molar-refractivity contribution in [1.82, 2.24) is 0 Å². The van der Waals surface area contributed by atoms with Crippen molar-refractivity contribution in [3.8, 4) is 0 Å². The summed E-state index contributed by atoms with van der Waals surface area (Å²) in [6, 6.07) is 0.